The average molecular weight is 528 g/mol. The number of nitrogens with one attached hydrogen (secondary N) is 2. The van der Waals surface area contributed by atoms with Crippen molar-refractivity contribution < 1.29 is 19.0 Å². The van der Waals surface area contributed by atoms with Crippen molar-refractivity contribution in [2.75, 3.05) is 25.2 Å². The van der Waals surface area contributed by atoms with Gasteiger partial charge in [0.2, 0.25) is 0 Å². The van der Waals surface area contributed by atoms with Crippen molar-refractivity contribution in [3.63, 3.8) is 0 Å². The number of amides is 1. The Hall–Kier alpha value is -3.76. The number of anilines is 1. The molecule has 2 fully saturated rings. The molecule has 0 saturated carbocycles. The lowest BCUT2D eigenvalue weighted by Crippen LogP contribution is -2.41. The van der Waals surface area contributed by atoms with Crippen LogP contribution in [0.2, 0.25) is 0 Å². The van der Waals surface area contributed by atoms with E-state index < -0.39 is 24.5 Å². The number of aromatic nitrogens is 2. The Balaban J connectivity index is 1.32. The normalized spacial score (nSPS) is 22.3. The number of likely N-dealkylation sites (N-methyl/N-ethyl adjacent to an activating group) is 1. The van der Waals surface area contributed by atoms with Gasteiger partial charge in [0.1, 0.15) is 24.5 Å². The van der Waals surface area contributed by atoms with Gasteiger partial charge in [0.15, 0.2) is 12.3 Å². The number of ether oxygens (including phenoxy) is 3. The molecule has 0 bridgehead atoms. The van der Waals surface area contributed by atoms with Gasteiger partial charge in [0, 0.05) is 25.6 Å². The van der Waals surface area contributed by atoms with E-state index in [1.165, 1.54) is 11.1 Å². The van der Waals surface area contributed by atoms with E-state index in [1.54, 1.807) is 6.33 Å². The molecule has 9 heteroatoms. The van der Waals surface area contributed by atoms with Crippen LogP contribution in [0.4, 0.5) is 5.69 Å². The van der Waals surface area contributed by atoms with E-state index in [1.807, 2.05) is 29.7 Å². The molecule has 0 unspecified atom stereocenters. The molecule has 202 valence electrons. The zero-order valence-corrected chi connectivity index (χ0v) is 21.8. The first-order valence-corrected chi connectivity index (χ1v) is 13.4. The summed E-state index contributed by atoms with van der Waals surface area (Å²) in [4.78, 5) is 17.4. The molecular formula is C30H33N5O4. The summed E-state index contributed by atoms with van der Waals surface area (Å²) in [6.07, 6.45) is -0.476. The second-order valence-electron chi connectivity index (χ2n) is 9.84. The van der Waals surface area contributed by atoms with E-state index in [0.717, 1.165) is 22.3 Å². The third-order valence-corrected chi connectivity index (χ3v) is 7.47. The lowest BCUT2D eigenvalue weighted by Gasteiger charge is -2.21. The number of benzene rings is 3. The van der Waals surface area contributed by atoms with Gasteiger partial charge in [0.25, 0.3) is 5.91 Å². The van der Waals surface area contributed by atoms with E-state index in [0.29, 0.717) is 19.6 Å². The minimum Gasteiger partial charge on any atom is -0.382 e. The van der Waals surface area contributed by atoms with Crippen LogP contribution in [0.15, 0.2) is 79.1 Å². The van der Waals surface area contributed by atoms with Crippen molar-refractivity contribution in [3.05, 3.63) is 95.8 Å². The number of imidazole rings is 1. The number of hydrogen-bond acceptors (Lipinski definition) is 7. The summed E-state index contributed by atoms with van der Waals surface area (Å²) in [5.74, 6) is -0.0605. The SMILES string of the molecule is CCNC(=O)[C@H]1O[C@@H](n2cnc3c(NCC(c4ccccc4)c4ccccc4)cc(CN)cc32)[C@@H]2OCO[C@@H]21. The molecule has 1 aromatic heterocycles. The highest BCUT2D eigenvalue weighted by molar-refractivity contribution is 5.89. The van der Waals surface area contributed by atoms with Gasteiger partial charge < -0.3 is 35.1 Å². The van der Waals surface area contributed by atoms with Gasteiger partial charge >= 0.3 is 0 Å². The smallest absolute Gasteiger partial charge is 0.252 e. The number of nitrogens with zero attached hydrogens (tertiary/aromatic N) is 2. The number of rotatable bonds is 9. The third kappa shape index (κ3) is 4.90. The Bertz CT molecular complexity index is 1390. The van der Waals surface area contributed by atoms with E-state index in [4.69, 9.17) is 24.9 Å². The minimum atomic E-state index is -0.757. The van der Waals surface area contributed by atoms with E-state index in [9.17, 15) is 4.79 Å². The predicted octanol–water partition coefficient (Wildman–Crippen LogP) is 3.51. The summed E-state index contributed by atoms with van der Waals surface area (Å²) in [7, 11) is 0. The van der Waals surface area contributed by atoms with Crippen molar-refractivity contribution in [1.82, 2.24) is 14.9 Å². The second-order valence-corrected chi connectivity index (χ2v) is 9.84. The fourth-order valence-electron chi connectivity index (χ4n) is 5.56. The molecule has 0 spiro atoms. The van der Waals surface area contributed by atoms with Crippen LogP contribution in [0.5, 0.6) is 0 Å². The largest absolute Gasteiger partial charge is 0.382 e. The van der Waals surface area contributed by atoms with Crippen molar-refractivity contribution in [1.29, 1.82) is 0 Å². The molecule has 6 rings (SSSR count). The molecular weight excluding hydrogens is 494 g/mol. The summed E-state index contributed by atoms with van der Waals surface area (Å²) in [6, 6.07) is 25.0. The number of fused-ring (bicyclic) bond motifs is 2. The predicted molar refractivity (Wildman–Crippen MR) is 148 cm³/mol. The van der Waals surface area contributed by atoms with Crippen LogP contribution in [-0.2, 0) is 25.5 Å². The number of carbonyl (C=O) groups excluding carboxylic acids is 1. The summed E-state index contributed by atoms with van der Waals surface area (Å²) in [6.45, 7) is 3.55. The van der Waals surface area contributed by atoms with Crippen LogP contribution < -0.4 is 16.4 Å². The van der Waals surface area contributed by atoms with Crippen molar-refractivity contribution >= 4 is 22.6 Å². The molecule has 2 aliphatic rings. The highest BCUT2D eigenvalue weighted by atomic mass is 16.7. The number of carbonyl (C=O) groups is 1. The summed E-state index contributed by atoms with van der Waals surface area (Å²) in [5, 5.41) is 6.49. The van der Waals surface area contributed by atoms with E-state index in [-0.39, 0.29) is 18.6 Å². The molecule has 1 amide bonds. The zero-order chi connectivity index (χ0) is 26.8. The Labute approximate surface area is 227 Å². The molecule has 39 heavy (non-hydrogen) atoms. The van der Waals surface area contributed by atoms with Gasteiger partial charge in [-0.15, -0.1) is 0 Å². The van der Waals surface area contributed by atoms with Gasteiger partial charge in [-0.3, -0.25) is 4.79 Å². The van der Waals surface area contributed by atoms with Gasteiger partial charge in [0.05, 0.1) is 17.5 Å². The third-order valence-electron chi connectivity index (χ3n) is 7.47. The van der Waals surface area contributed by atoms with Gasteiger partial charge in [-0.25, -0.2) is 4.98 Å². The fourth-order valence-corrected chi connectivity index (χ4v) is 5.56. The maximum absolute atomic E-state index is 12.7. The quantitative estimate of drug-likeness (QED) is 0.305. The minimum absolute atomic E-state index is 0.124. The zero-order valence-electron chi connectivity index (χ0n) is 21.8. The van der Waals surface area contributed by atoms with Crippen LogP contribution in [0.1, 0.15) is 35.8 Å². The molecule has 2 saturated heterocycles. The van der Waals surface area contributed by atoms with E-state index in [2.05, 4.69) is 65.2 Å². The Kier molecular flexibility index (Phi) is 7.30. The summed E-state index contributed by atoms with van der Waals surface area (Å²) in [5.41, 5.74) is 12.1. The van der Waals surface area contributed by atoms with Crippen LogP contribution in [0, 0.1) is 0 Å². The first-order chi connectivity index (χ1) is 19.2. The van der Waals surface area contributed by atoms with Crippen molar-refractivity contribution in [2.24, 2.45) is 5.73 Å². The van der Waals surface area contributed by atoms with Gasteiger partial charge in [-0.2, -0.15) is 0 Å². The molecule has 2 aliphatic heterocycles. The maximum atomic E-state index is 12.7. The molecule has 3 aromatic carbocycles. The molecule has 4 atom stereocenters. The Morgan fingerprint density at radius 1 is 1.05 bits per heavy atom. The fraction of sp³-hybridized carbons (Fsp3) is 0.333. The lowest BCUT2D eigenvalue weighted by atomic mass is 9.91. The molecule has 4 aromatic rings. The second kappa shape index (κ2) is 11.2. The number of nitrogens with two attached hydrogens (primary N) is 1. The first-order valence-electron chi connectivity index (χ1n) is 13.4. The molecule has 0 radical (unpaired) electrons. The maximum Gasteiger partial charge on any atom is 0.252 e. The lowest BCUT2D eigenvalue weighted by molar-refractivity contribution is -0.145. The van der Waals surface area contributed by atoms with E-state index >= 15 is 0 Å². The van der Waals surface area contributed by atoms with Gasteiger partial charge in [-0.1, -0.05) is 60.7 Å². The van der Waals surface area contributed by atoms with Gasteiger partial charge in [-0.05, 0) is 35.7 Å². The van der Waals surface area contributed by atoms with Crippen molar-refractivity contribution in [2.45, 2.75) is 43.9 Å². The molecule has 9 nitrogen and oxygen atoms in total. The Morgan fingerprint density at radius 3 is 2.41 bits per heavy atom. The molecule has 3 heterocycles. The first kappa shape index (κ1) is 25.5. The topological polar surface area (TPSA) is 113 Å². The summed E-state index contributed by atoms with van der Waals surface area (Å²) < 4.78 is 19.8. The van der Waals surface area contributed by atoms with Crippen LogP contribution >= 0.6 is 0 Å². The molecule has 0 aliphatic carbocycles. The van der Waals surface area contributed by atoms with Crippen LogP contribution in [0.25, 0.3) is 11.0 Å². The Morgan fingerprint density at radius 2 is 1.74 bits per heavy atom. The highest BCUT2D eigenvalue weighted by Gasteiger charge is 2.53. The molecule has 4 N–H and O–H groups in total. The monoisotopic (exact) mass is 527 g/mol. The van der Waals surface area contributed by atoms with Crippen LogP contribution in [-0.4, -0.2) is 53.7 Å². The average Bonchev–Trinajstić information content (AvgIpc) is 3.70. The summed E-state index contributed by atoms with van der Waals surface area (Å²) >= 11 is 0. The van der Waals surface area contributed by atoms with Crippen molar-refractivity contribution in [3.8, 4) is 0 Å². The number of hydrogen-bond donors (Lipinski definition) is 3. The standard InChI is InChI=1S/C30H33N5O4/c1-2-32-29(36)27-26-28(38-18-37-26)30(39-27)35-17-34-25-23(13-19(15-31)14-24(25)35)33-16-22(20-9-5-3-6-10-20)21-11-7-4-8-12-21/h3-14,17,22,26-28,30,33H,2,15-16,18,31H2,1H3,(H,32,36)/t26-,27+,28-,30-/m1/s1. The van der Waals surface area contributed by atoms with Crippen LogP contribution in [0.3, 0.4) is 0 Å². The highest BCUT2D eigenvalue weighted by Crippen LogP contribution is 2.39.